The number of aromatic nitrogens is 2. The molecule has 1 aliphatic rings. The van der Waals surface area contributed by atoms with Gasteiger partial charge in [0.25, 0.3) is 0 Å². The highest BCUT2D eigenvalue weighted by atomic mass is 16.5. The van der Waals surface area contributed by atoms with Crippen molar-refractivity contribution in [3.8, 4) is 0 Å². The van der Waals surface area contributed by atoms with Crippen molar-refractivity contribution in [1.29, 1.82) is 0 Å². The van der Waals surface area contributed by atoms with Gasteiger partial charge in [-0.3, -0.25) is 4.68 Å². The lowest BCUT2D eigenvalue weighted by Gasteiger charge is -2.23. The number of hydrogen-bond donors (Lipinski definition) is 1. The van der Waals surface area contributed by atoms with Crippen LogP contribution in [0.1, 0.15) is 57.7 Å². The maximum absolute atomic E-state index is 10.2. The molecule has 1 heterocycles. The Labute approximate surface area is 115 Å². The maximum atomic E-state index is 10.2. The summed E-state index contributed by atoms with van der Waals surface area (Å²) in [6.07, 6.45) is 9.04. The van der Waals surface area contributed by atoms with Crippen LogP contribution in [0.5, 0.6) is 0 Å². The van der Waals surface area contributed by atoms with Crippen LogP contribution in [-0.4, -0.2) is 33.7 Å². The van der Waals surface area contributed by atoms with Gasteiger partial charge in [-0.15, -0.1) is 0 Å². The zero-order valence-corrected chi connectivity index (χ0v) is 12.1. The number of nitrogens with zero attached hydrogens (tertiary/aromatic N) is 2. The van der Waals surface area contributed by atoms with Crippen LogP contribution in [0.25, 0.3) is 0 Å². The third-order valence-corrected chi connectivity index (χ3v) is 3.79. The van der Waals surface area contributed by atoms with Crippen molar-refractivity contribution in [3.05, 3.63) is 18.0 Å². The van der Waals surface area contributed by atoms with Gasteiger partial charge in [-0.25, -0.2) is 0 Å². The fraction of sp³-hybridized carbons (Fsp3) is 0.800. The van der Waals surface area contributed by atoms with E-state index in [2.05, 4.69) is 16.0 Å². The van der Waals surface area contributed by atoms with Crippen molar-refractivity contribution in [2.24, 2.45) is 0 Å². The molecule has 0 aromatic carbocycles. The summed E-state index contributed by atoms with van der Waals surface area (Å²) < 4.78 is 7.40. The summed E-state index contributed by atoms with van der Waals surface area (Å²) in [5.41, 5.74) is 0.122. The molecule has 0 spiro atoms. The fourth-order valence-corrected chi connectivity index (χ4v) is 2.78. The van der Waals surface area contributed by atoms with Crippen molar-refractivity contribution in [2.75, 3.05) is 13.2 Å². The molecule has 19 heavy (non-hydrogen) atoms. The zero-order chi connectivity index (χ0) is 13.7. The molecule has 1 N–H and O–H groups in total. The lowest BCUT2D eigenvalue weighted by atomic mass is 9.96. The Kier molecular flexibility index (Phi) is 4.99. The molecule has 108 valence electrons. The Hall–Kier alpha value is -0.870. The summed E-state index contributed by atoms with van der Waals surface area (Å²) in [4.78, 5) is 0. The largest absolute Gasteiger partial charge is 0.387 e. The third-order valence-electron chi connectivity index (χ3n) is 3.79. The molecule has 0 amide bonds. The first kappa shape index (κ1) is 14.5. The van der Waals surface area contributed by atoms with Gasteiger partial charge < -0.3 is 9.84 Å². The molecule has 1 saturated carbocycles. The highest BCUT2D eigenvalue weighted by Crippen LogP contribution is 2.27. The molecular formula is C15H26N2O2. The molecule has 4 heteroatoms. The van der Waals surface area contributed by atoms with Crippen LogP contribution in [0.2, 0.25) is 0 Å². The Balaban J connectivity index is 1.92. The van der Waals surface area contributed by atoms with Gasteiger partial charge in [0.05, 0.1) is 23.9 Å². The lowest BCUT2D eigenvalue weighted by Crippen LogP contribution is -2.33. The van der Waals surface area contributed by atoms with Crippen LogP contribution in [0, 0.1) is 0 Å². The summed E-state index contributed by atoms with van der Waals surface area (Å²) in [6, 6.07) is 2.58. The molecule has 0 radical (unpaired) electrons. The number of hydrogen-bond acceptors (Lipinski definition) is 3. The summed E-state index contributed by atoms with van der Waals surface area (Å²) in [6.45, 7) is 4.74. The Morgan fingerprint density at radius 2 is 2.16 bits per heavy atom. The van der Waals surface area contributed by atoms with E-state index in [9.17, 15) is 5.11 Å². The van der Waals surface area contributed by atoms with Crippen LogP contribution < -0.4 is 0 Å². The minimum Gasteiger partial charge on any atom is -0.387 e. The van der Waals surface area contributed by atoms with Crippen molar-refractivity contribution in [3.63, 3.8) is 0 Å². The van der Waals surface area contributed by atoms with Crippen LogP contribution in [0.3, 0.4) is 0 Å². The molecule has 1 aliphatic carbocycles. The maximum Gasteiger partial charge on any atom is 0.0908 e. The van der Waals surface area contributed by atoms with E-state index in [0.717, 1.165) is 5.69 Å². The van der Waals surface area contributed by atoms with E-state index >= 15 is 0 Å². The van der Waals surface area contributed by atoms with E-state index in [1.807, 2.05) is 19.9 Å². The molecule has 1 atom stereocenters. The lowest BCUT2D eigenvalue weighted by molar-refractivity contribution is -0.0303. The van der Waals surface area contributed by atoms with Gasteiger partial charge >= 0.3 is 0 Å². The molecular weight excluding hydrogens is 240 g/mol. The molecule has 0 saturated heterocycles. The average molecular weight is 266 g/mol. The zero-order valence-electron chi connectivity index (χ0n) is 12.1. The normalized spacial score (nSPS) is 20.4. The van der Waals surface area contributed by atoms with Crippen LogP contribution in [-0.2, 0) is 11.2 Å². The van der Waals surface area contributed by atoms with Gasteiger partial charge in [-0.1, -0.05) is 19.3 Å². The number of ether oxygens (including phenoxy) is 1. The first-order valence-corrected chi connectivity index (χ1v) is 7.45. The quantitative estimate of drug-likeness (QED) is 0.861. The van der Waals surface area contributed by atoms with E-state index in [0.29, 0.717) is 25.7 Å². The molecule has 1 unspecified atom stereocenters. The van der Waals surface area contributed by atoms with Gasteiger partial charge in [0.1, 0.15) is 0 Å². The van der Waals surface area contributed by atoms with Gasteiger partial charge in [-0.2, -0.15) is 5.10 Å². The second-order valence-electron chi connectivity index (χ2n) is 5.89. The minimum atomic E-state index is -0.832. The highest BCUT2D eigenvalue weighted by molar-refractivity contribution is 5.04. The molecule has 0 bridgehead atoms. The minimum absolute atomic E-state index is 0.361. The van der Waals surface area contributed by atoms with Gasteiger partial charge in [0, 0.05) is 19.2 Å². The first-order chi connectivity index (χ1) is 9.11. The summed E-state index contributed by atoms with van der Waals surface area (Å²) >= 11 is 0. The monoisotopic (exact) mass is 266 g/mol. The number of aliphatic hydroxyl groups is 1. The third kappa shape index (κ3) is 4.32. The molecule has 1 fully saturated rings. The van der Waals surface area contributed by atoms with Crippen molar-refractivity contribution in [2.45, 2.75) is 64.0 Å². The van der Waals surface area contributed by atoms with E-state index < -0.39 is 5.60 Å². The van der Waals surface area contributed by atoms with E-state index in [1.54, 1.807) is 0 Å². The van der Waals surface area contributed by atoms with E-state index in [4.69, 9.17) is 4.74 Å². The summed E-state index contributed by atoms with van der Waals surface area (Å²) in [5.74, 6) is 0. The molecule has 1 aromatic rings. The van der Waals surface area contributed by atoms with Crippen molar-refractivity contribution < 1.29 is 9.84 Å². The molecule has 1 aromatic heterocycles. The summed E-state index contributed by atoms with van der Waals surface area (Å²) in [7, 11) is 0. The average Bonchev–Trinajstić information content (AvgIpc) is 2.85. The molecule has 2 rings (SSSR count). The molecule has 4 nitrogen and oxygen atoms in total. The SMILES string of the molecule is CCOCC(C)(O)Cc1ccn(C2CCCCC2)n1. The smallest absolute Gasteiger partial charge is 0.0908 e. The first-order valence-electron chi connectivity index (χ1n) is 7.45. The second-order valence-corrected chi connectivity index (χ2v) is 5.89. The fourth-order valence-electron chi connectivity index (χ4n) is 2.78. The standard InChI is InChI=1S/C15H26N2O2/c1-3-19-12-15(2,18)11-13-9-10-17(16-13)14-7-5-4-6-8-14/h9-10,14,18H,3-8,11-12H2,1-2H3. The Bertz CT molecular complexity index is 381. The van der Waals surface area contributed by atoms with Gasteiger partial charge in [-0.05, 0) is 32.8 Å². The second kappa shape index (κ2) is 6.53. The van der Waals surface area contributed by atoms with Crippen LogP contribution in [0.4, 0.5) is 0 Å². The van der Waals surface area contributed by atoms with Gasteiger partial charge in [0.15, 0.2) is 0 Å². The highest BCUT2D eigenvalue weighted by Gasteiger charge is 2.23. The number of rotatable bonds is 6. The van der Waals surface area contributed by atoms with E-state index in [1.165, 1.54) is 32.1 Å². The summed E-state index contributed by atoms with van der Waals surface area (Å²) in [5, 5.41) is 14.9. The van der Waals surface area contributed by atoms with Crippen LogP contribution in [0.15, 0.2) is 12.3 Å². The Morgan fingerprint density at radius 1 is 1.42 bits per heavy atom. The predicted octanol–water partition coefficient (Wildman–Crippen LogP) is 2.72. The predicted molar refractivity (Wildman–Crippen MR) is 75.2 cm³/mol. The van der Waals surface area contributed by atoms with Crippen molar-refractivity contribution in [1.82, 2.24) is 9.78 Å². The van der Waals surface area contributed by atoms with Gasteiger partial charge in [0.2, 0.25) is 0 Å². The molecule has 0 aliphatic heterocycles. The Morgan fingerprint density at radius 3 is 2.84 bits per heavy atom. The van der Waals surface area contributed by atoms with Crippen LogP contribution >= 0.6 is 0 Å². The van der Waals surface area contributed by atoms with Crippen molar-refractivity contribution >= 4 is 0 Å². The van der Waals surface area contributed by atoms with E-state index in [-0.39, 0.29) is 0 Å². The topological polar surface area (TPSA) is 47.3 Å².